The Kier molecular flexibility index (Phi) is 4.70. The molecule has 1 atom stereocenters. The van der Waals surface area contributed by atoms with Gasteiger partial charge in [0.25, 0.3) is 0 Å². The zero-order valence-electron chi connectivity index (χ0n) is 12.1. The molecule has 1 aliphatic carbocycles. The number of hydrogen-bond donors (Lipinski definition) is 1. The highest BCUT2D eigenvalue weighted by Gasteiger charge is 2.21. The Hall–Kier alpha value is -1.07. The topological polar surface area (TPSA) is 69.4 Å². The fourth-order valence-corrected chi connectivity index (χ4v) is 2.73. The molecule has 1 aromatic rings. The van der Waals surface area contributed by atoms with Gasteiger partial charge in [-0.1, -0.05) is 26.7 Å². The van der Waals surface area contributed by atoms with Crippen molar-refractivity contribution < 1.29 is 13.2 Å². The van der Waals surface area contributed by atoms with Gasteiger partial charge in [-0.3, -0.25) is 0 Å². The Morgan fingerprint density at radius 2 is 2.10 bits per heavy atom. The number of hydrogen-bond acceptors (Lipinski definition) is 3. The van der Waals surface area contributed by atoms with Gasteiger partial charge in [-0.05, 0) is 48.4 Å². The average molecular weight is 297 g/mol. The molecule has 0 radical (unpaired) electrons. The third kappa shape index (κ3) is 3.96. The molecular weight excluding hydrogens is 274 g/mol. The highest BCUT2D eigenvalue weighted by Crippen LogP contribution is 2.34. The third-order valence-electron chi connectivity index (χ3n) is 3.93. The fourth-order valence-electron chi connectivity index (χ4n) is 2.18. The summed E-state index contributed by atoms with van der Waals surface area (Å²) in [6.07, 6.45) is 4.63. The van der Waals surface area contributed by atoms with Crippen molar-refractivity contribution in [2.75, 3.05) is 6.61 Å². The molecule has 2 N–H and O–H groups in total. The van der Waals surface area contributed by atoms with Crippen LogP contribution in [-0.2, 0) is 10.0 Å². The minimum atomic E-state index is -3.66. The normalized spacial score (nSPS) is 16.9. The number of primary sulfonamides is 1. The maximum Gasteiger partial charge on any atom is 0.238 e. The van der Waals surface area contributed by atoms with Crippen LogP contribution in [0.2, 0.25) is 0 Å². The lowest BCUT2D eigenvalue weighted by atomic mass is 9.98. The molecule has 112 valence electrons. The highest BCUT2D eigenvalue weighted by molar-refractivity contribution is 7.89. The number of ether oxygens (including phenoxy) is 1. The minimum absolute atomic E-state index is 0.155. The van der Waals surface area contributed by atoms with Crippen molar-refractivity contribution in [3.05, 3.63) is 23.8 Å². The van der Waals surface area contributed by atoms with Crippen molar-refractivity contribution in [1.29, 1.82) is 0 Å². The molecule has 5 heteroatoms. The lowest BCUT2D eigenvalue weighted by Crippen LogP contribution is -2.13. The van der Waals surface area contributed by atoms with Crippen LogP contribution >= 0.6 is 0 Å². The van der Waals surface area contributed by atoms with Gasteiger partial charge in [0.2, 0.25) is 10.0 Å². The zero-order valence-corrected chi connectivity index (χ0v) is 12.9. The molecule has 1 unspecified atom stereocenters. The van der Waals surface area contributed by atoms with Crippen molar-refractivity contribution in [1.82, 2.24) is 0 Å². The molecule has 0 spiro atoms. The molecule has 1 saturated carbocycles. The first kappa shape index (κ1) is 15.3. The van der Waals surface area contributed by atoms with Crippen LogP contribution in [0.25, 0.3) is 0 Å². The van der Waals surface area contributed by atoms with Gasteiger partial charge in [-0.2, -0.15) is 0 Å². The number of sulfonamides is 1. The van der Waals surface area contributed by atoms with Gasteiger partial charge < -0.3 is 4.74 Å². The van der Waals surface area contributed by atoms with Crippen LogP contribution in [0.3, 0.4) is 0 Å². The van der Waals surface area contributed by atoms with E-state index in [1.54, 1.807) is 12.1 Å². The van der Waals surface area contributed by atoms with Crippen molar-refractivity contribution in [3.63, 3.8) is 0 Å². The van der Waals surface area contributed by atoms with E-state index in [1.807, 2.05) is 0 Å². The molecule has 0 saturated heterocycles. The molecule has 1 aliphatic rings. The first-order valence-electron chi connectivity index (χ1n) is 7.21. The van der Waals surface area contributed by atoms with Gasteiger partial charge in [-0.15, -0.1) is 0 Å². The van der Waals surface area contributed by atoms with E-state index in [4.69, 9.17) is 9.88 Å². The van der Waals surface area contributed by atoms with E-state index < -0.39 is 10.0 Å². The molecule has 20 heavy (non-hydrogen) atoms. The SMILES string of the molecule is CCC(C)c1cc(S(N)(=O)=O)ccc1OCCC1CC1. The smallest absolute Gasteiger partial charge is 0.238 e. The van der Waals surface area contributed by atoms with Crippen LogP contribution in [0.5, 0.6) is 5.75 Å². The van der Waals surface area contributed by atoms with Crippen molar-refractivity contribution in [2.45, 2.75) is 50.3 Å². The zero-order chi connectivity index (χ0) is 14.8. The summed E-state index contributed by atoms with van der Waals surface area (Å²) in [6.45, 7) is 4.83. The quantitative estimate of drug-likeness (QED) is 0.841. The number of nitrogens with two attached hydrogens (primary N) is 1. The Morgan fingerprint density at radius 3 is 2.65 bits per heavy atom. The van der Waals surface area contributed by atoms with Crippen LogP contribution in [0.1, 0.15) is 51.0 Å². The van der Waals surface area contributed by atoms with E-state index in [0.717, 1.165) is 30.1 Å². The van der Waals surface area contributed by atoms with E-state index in [2.05, 4.69) is 13.8 Å². The number of rotatable bonds is 7. The molecular formula is C15H23NO3S. The summed E-state index contributed by atoms with van der Waals surface area (Å²) in [6, 6.07) is 4.90. The molecule has 0 aromatic heterocycles. The maximum absolute atomic E-state index is 11.5. The van der Waals surface area contributed by atoms with Crippen LogP contribution in [0, 0.1) is 5.92 Å². The Balaban J connectivity index is 2.19. The first-order valence-corrected chi connectivity index (χ1v) is 8.76. The van der Waals surface area contributed by atoms with Gasteiger partial charge in [0.15, 0.2) is 0 Å². The lowest BCUT2D eigenvalue weighted by molar-refractivity contribution is 0.297. The first-order chi connectivity index (χ1) is 9.41. The van der Waals surface area contributed by atoms with Gasteiger partial charge in [-0.25, -0.2) is 13.6 Å². The second-order valence-corrected chi connectivity index (χ2v) is 7.20. The summed E-state index contributed by atoms with van der Waals surface area (Å²) in [4.78, 5) is 0.155. The third-order valence-corrected chi connectivity index (χ3v) is 4.84. The predicted molar refractivity (Wildman–Crippen MR) is 79.4 cm³/mol. The monoisotopic (exact) mass is 297 g/mol. The summed E-state index contributed by atoms with van der Waals surface area (Å²) < 4.78 is 28.8. The Morgan fingerprint density at radius 1 is 1.40 bits per heavy atom. The van der Waals surface area contributed by atoms with E-state index in [9.17, 15) is 8.42 Å². The second kappa shape index (κ2) is 6.14. The van der Waals surface area contributed by atoms with E-state index >= 15 is 0 Å². The van der Waals surface area contributed by atoms with Crippen LogP contribution in [0.15, 0.2) is 23.1 Å². The minimum Gasteiger partial charge on any atom is -0.493 e. The number of benzene rings is 1. The summed E-state index contributed by atoms with van der Waals surface area (Å²) in [5, 5.41) is 5.20. The van der Waals surface area contributed by atoms with Crippen molar-refractivity contribution in [2.24, 2.45) is 11.1 Å². The van der Waals surface area contributed by atoms with Gasteiger partial charge >= 0.3 is 0 Å². The van der Waals surface area contributed by atoms with Gasteiger partial charge in [0.1, 0.15) is 5.75 Å². The van der Waals surface area contributed by atoms with E-state index in [-0.39, 0.29) is 10.8 Å². The maximum atomic E-state index is 11.5. The predicted octanol–water partition coefficient (Wildman–Crippen LogP) is 3.03. The van der Waals surface area contributed by atoms with Crippen LogP contribution in [-0.4, -0.2) is 15.0 Å². The Bertz CT molecular complexity index is 564. The molecule has 2 rings (SSSR count). The fraction of sp³-hybridized carbons (Fsp3) is 0.600. The molecule has 0 aliphatic heterocycles. The van der Waals surface area contributed by atoms with Crippen molar-refractivity contribution in [3.8, 4) is 5.75 Å². The molecule has 0 amide bonds. The van der Waals surface area contributed by atoms with Crippen molar-refractivity contribution >= 4 is 10.0 Å². The Labute approximate surface area is 121 Å². The summed E-state index contributed by atoms with van der Waals surface area (Å²) >= 11 is 0. The van der Waals surface area contributed by atoms with Gasteiger partial charge in [0.05, 0.1) is 11.5 Å². The molecule has 4 nitrogen and oxygen atoms in total. The van der Waals surface area contributed by atoms with Crippen LogP contribution < -0.4 is 9.88 Å². The van der Waals surface area contributed by atoms with E-state index in [1.165, 1.54) is 18.9 Å². The molecule has 1 fully saturated rings. The summed E-state index contributed by atoms with van der Waals surface area (Å²) in [7, 11) is -3.66. The molecule has 0 heterocycles. The highest BCUT2D eigenvalue weighted by atomic mass is 32.2. The van der Waals surface area contributed by atoms with E-state index in [0.29, 0.717) is 6.61 Å². The summed E-state index contributed by atoms with van der Waals surface area (Å²) in [5.74, 6) is 1.85. The molecule has 1 aromatic carbocycles. The lowest BCUT2D eigenvalue weighted by Gasteiger charge is -2.17. The summed E-state index contributed by atoms with van der Waals surface area (Å²) in [5.41, 5.74) is 0.926. The largest absolute Gasteiger partial charge is 0.493 e. The van der Waals surface area contributed by atoms with Gasteiger partial charge in [0, 0.05) is 0 Å². The second-order valence-electron chi connectivity index (χ2n) is 5.63. The standard InChI is InChI=1S/C15H23NO3S/c1-3-11(2)14-10-13(20(16,17)18)6-7-15(14)19-9-8-12-4-5-12/h6-7,10-12H,3-5,8-9H2,1-2H3,(H2,16,17,18). The van der Waals surface area contributed by atoms with Crippen LogP contribution in [0.4, 0.5) is 0 Å². The molecule has 0 bridgehead atoms. The average Bonchev–Trinajstić information content (AvgIpc) is 3.21.